The molecule has 2 heterocycles. The zero-order chi connectivity index (χ0) is 18.9. The van der Waals surface area contributed by atoms with E-state index in [2.05, 4.69) is 4.98 Å². The predicted molar refractivity (Wildman–Crippen MR) is 103 cm³/mol. The number of imidazole rings is 1. The van der Waals surface area contributed by atoms with Crippen LogP contribution in [0.2, 0.25) is 0 Å². The van der Waals surface area contributed by atoms with Gasteiger partial charge >= 0.3 is 0 Å². The smallest absolute Gasteiger partial charge is 0.253 e. The zero-order valence-electron chi connectivity index (χ0n) is 15.3. The minimum absolute atomic E-state index is 0.0840. The Morgan fingerprint density at radius 3 is 2.37 bits per heavy atom. The van der Waals surface area contributed by atoms with Crippen LogP contribution in [0.25, 0.3) is 0 Å². The summed E-state index contributed by atoms with van der Waals surface area (Å²) in [5.74, 6) is -0.0840. The number of carbonyl (C=O) groups is 1. The van der Waals surface area contributed by atoms with Crippen molar-refractivity contribution in [2.45, 2.75) is 49.1 Å². The molecule has 0 radical (unpaired) electrons. The van der Waals surface area contributed by atoms with Crippen LogP contribution in [0.3, 0.4) is 0 Å². The lowest BCUT2D eigenvalue weighted by molar-refractivity contribution is 0.0658. The second-order valence-electron chi connectivity index (χ2n) is 7.61. The maximum Gasteiger partial charge on any atom is 0.253 e. The molecule has 1 aliphatic carbocycles. The Bertz CT molecular complexity index is 879. The molecule has 1 aromatic heterocycles. The fourth-order valence-corrected chi connectivity index (χ4v) is 6.31. The summed E-state index contributed by atoms with van der Waals surface area (Å²) in [7, 11) is -3.11. The number of likely N-dealkylation sites (tertiary alicyclic amines) is 1. The number of hydrogen-bond donors (Lipinski definition) is 0. The van der Waals surface area contributed by atoms with E-state index in [1.807, 2.05) is 35.0 Å². The van der Waals surface area contributed by atoms with Gasteiger partial charge in [0.2, 0.25) is 0 Å². The number of amides is 1. The molecule has 1 saturated heterocycles. The van der Waals surface area contributed by atoms with Crippen molar-refractivity contribution in [3.05, 3.63) is 54.1 Å². The molecular weight excluding hydrogens is 362 g/mol. The van der Waals surface area contributed by atoms with Crippen molar-refractivity contribution in [1.82, 2.24) is 14.5 Å². The highest BCUT2D eigenvalue weighted by atomic mass is 32.2. The van der Waals surface area contributed by atoms with Crippen molar-refractivity contribution in [1.29, 1.82) is 0 Å². The van der Waals surface area contributed by atoms with Crippen molar-refractivity contribution in [3.8, 4) is 0 Å². The summed E-state index contributed by atoms with van der Waals surface area (Å²) < 4.78 is 27.4. The van der Waals surface area contributed by atoms with E-state index in [-0.39, 0.29) is 16.4 Å². The standard InChI is InChI=1S/C20H25N3O3S/c24-20(17-8-6-16(7-9-17)12-22-11-10-21-15-22)23-13-19(14-23)27(25,26)18-4-2-1-3-5-18/h6-11,15,18-19H,1-5,12-14H2. The third kappa shape index (κ3) is 3.78. The Labute approximate surface area is 160 Å². The van der Waals surface area contributed by atoms with E-state index in [9.17, 15) is 13.2 Å². The molecule has 7 heteroatoms. The summed E-state index contributed by atoms with van der Waals surface area (Å²) in [6.07, 6.45) is 10.1. The number of nitrogens with zero attached hydrogens (tertiary/aromatic N) is 3. The van der Waals surface area contributed by atoms with Gasteiger partial charge in [0, 0.05) is 37.6 Å². The van der Waals surface area contributed by atoms with Crippen molar-refractivity contribution in [2.24, 2.45) is 0 Å². The number of rotatable bonds is 5. The molecule has 1 aliphatic heterocycles. The molecule has 1 aromatic carbocycles. The van der Waals surface area contributed by atoms with Gasteiger partial charge < -0.3 is 9.47 Å². The number of aromatic nitrogens is 2. The Morgan fingerprint density at radius 2 is 1.74 bits per heavy atom. The van der Waals surface area contributed by atoms with Gasteiger partial charge in [0.15, 0.2) is 9.84 Å². The van der Waals surface area contributed by atoms with Gasteiger partial charge in [0.05, 0.1) is 16.8 Å². The first-order valence-electron chi connectivity index (χ1n) is 9.61. The Kier molecular flexibility index (Phi) is 5.04. The van der Waals surface area contributed by atoms with Crippen LogP contribution in [-0.4, -0.2) is 52.4 Å². The first kappa shape index (κ1) is 18.2. The van der Waals surface area contributed by atoms with E-state index < -0.39 is 9.84 Å². The van der Waals surface area contributed by atoms with Crippen molar-refractivity contribution in [2.75, 3.05) is 13.1 Å². The molecular formula is C20H25N3O3S. The monoisotopic (exact) mass is 387 g/mol. The average Bonchev–Trinajstić information content (AvgIpc) is 3.14. The molecule has 6 nitrogen and oxygen atoms in total. The minimum atomic E-state index is -3.11. The molecule has 1 saturated carbocycles. The van der Waals surface area contributed by atoms with E-state index in [0.29, 0.717) is 25.2 Å². The molecule has 0 spiro atoms. The van der Waals surface area contributed by atoms with E-state index in [1.165, 1.54) is 0 Å². The Hall–Kier alpha value is -2.15. The highest BCUT2D eigenvalue weighted by Crippen LogP contribution is 2.30. The quantitative estimate of drug-likeness (QED) is 0.790. The van der Waals surface area contributed by atoms with Gasteiger partial charge in [-0.05, 0) is 30.5 Å². The largest absolute Gasteiger partial charge is 0.336 e. The number of carbonyl (C=O) groups excluding carboxylic acids is 1. The summed E-state index contributed by atoms with van der Waals surface area (Å²) >= 11 is 0. The van der Waals surface area contributed by atoms with Crippen molar-refractivity contribution >= 4 is 15.7 Å². The number of hydrogen-bond acceptors (Lipinski definition) is 4. The minimum Gasteiger partial charge on any atom is -0.336 e. The molecule has 0 N–H and O–H groups in total. The molecule has 1 amide bonds. The highest BCUT2D eigenvalue weighted by Gasteiger charge is 2.43. The van der Waals surface area contributed by atoms with Crippen LogP contribution in [0.4, 0.5) is 0 Å². The molecule has 0 bridgehead atoms. The highest BCUT2D eigenvalue weighted by molar-refractivity contribution is 7.92. The fraction of sp³-hybridized carbons (Fsp3) is 0.500. The first-order valence-corrected chi connectivity index (χ1v) is 11.2. The molecule has 0 atom stereocenters. The maximum atomic E-state index is 12.7. The van der Waals surface area contributed by atoms with Crippen LogP contribution in [0.5, 0.6) is 0 Å². The summed E-state index contributed by atoms with van der Waals surface area (Å²) in [4.78, 5) is 18.3. The lowest BCUT2D eigenvalue weighted by atomic mass is 10.0. The van der Waals surface area contributed by atoms with Crippen LogP contribution in [0.15, 0.2) is 43.0 Å². The van der Waals surface area contributed by atoms with Gasteiger partial charge in [0.1, 0.15) is 0 Å². The topological polar surface area (TPSA) is 72.3 Å². The van der Waals surface area contributed by atoms with Gasteiger partial charge in [-0.2, -0.15) is 0 Å². The lowest BCUT2D eigenvalue weighted by Crippen LogP contribution is -2.58. The third-order valence-corrected chi connectivity index (χ3v) is 8.37. The van der Waals surface area contributed by atoms with E-state index >= 15 is 0 Å². The van der Waals surface area contributed by atoms with Gasteiger partial charge in [-0.1, -0.05) is 31.4 Å². The van der Waals surface area contributed by atoms with E-state index in [4.69, 9.17) is 0 Å². The van der Waals surface area contributed by atoms with Crippen LogP contribution < -0.4 is 0 Å². The first-order chi connectivity index (χ1) is 13.0. The van der Waals surface area contributed by atoms with Crippen LogP contribution in [-0.2, 0) is 16.4 Å². The van der Waals surface area contributed by atoms with E-state index in [0.717, 1.165) is 37.7 Å². The molecule has 144 valence electrons. The van der Waals surface area contributed by atoms with Gasteiger partial charge in [-0.3, -0.25) is 4.79 Å². The summed E-state index contributed by atoms with van der Waals surface area (Å²) in [6.45, 7) is 1.36. The molecule has 27 heavy (non-hydrogen) atoms. The summed E-state index contributed by atoms with van der Waals surface area (Å²) in [5.41, 5.74) is 1.70. The second kappa shape index (κ2) is 7.46. The van der Waals surface area contributed by atoms with E-state index in [1.54, 1.807) is 17.4 Å². The van der Waals surface area contributed by atoms with Crippen LogP contribution in [0, 0.1) is 0 Å². The maximum absolute atomic E-state index is 12.7. The van der Waals surface area contributed by atoms with Crippen molar-refractivity contribution in [3.63, 3.8) is 0 Å². The Morgan fingerprint density at radius 1 is 1.04 bits per heavy atom. The van der Waals surface area contributed by atoms with Crippen molar-refractivity contribution < 1.29 is 13.2 Å². The molecule has 4 rings (SSSR count). The van der Waals surface area contributed by atoms with Gasteiger partial charge in [0.25, 0.3) is 5.91 Å². The van der Waals surface area contributed by atoms with Crippen LogP contribution in [0.1, 0.15) is 48.0 Å². The Balaban J connectivity index is 1.34. The predicted octanol–water partition coefficient (Wildman–Crippen LogP) is 2.50. The van der Waals surface area contributed by atoms with Crippen LogP contribution >= 0.6 is 0 Å². The fourth-order valence-electron chi connectivity index (χ4n) is 4.00. The van der Waals surface area contributed by atoms with Gasteiger partial charge in [-0.25, -0.2) is 13.4 Å². The molecule has 0 unspecified atom stereocenters. The average molecular weight is 388 g/mol. The molecule has 2 aliphatic rings. The third-order valence-electron chi connectivity index (χ3n) is 5.74. The second-order valence-corrected chi connectivity index (χ2v) is 10.1. The molecule has 2 aromatic rings. The summed E-state index contributed by atoms with van der Waals surface area (Å²) in [5, 5.41) is -0.582. The number of benzene rings is 1. The van der Waals surface area contributed by atoms with Gasteiger partial charge in [-0.15, -0.1) is 0 Å². The zero-order valence-corrected chi connectivity index (χ0v) is 16.1. The summed E-state index contributed by atoms with van der Waals surface area (Å²) in [6, 6.07) is 7.50. The number of sulfone groups is 1. The lowest BCUT2D eigenvalue weighted by Gasteiger charge is -2.40. The molecule has 2 fully saturated rings. The normalized spacial score (nSPS) is 19.0. The SMILES string of the molecule is O=C(c1ccc(Cn2ccnc2)cc1)N1CC(S(=O)(=O)C2CCCCC2)C1.